The van der Waals surface area contributed by atoms with Crippen LogP contribution in [0, 0.1) is 0 Å². The first-order valence-electron chi connectivity index (χ1n) is 6.01. The van der Waals surface area contributed by atoms with Crippen LogP contribution in [0.5, 0.6) is 0 Å². The first-order valence-corrected chi connectivity index (χ1v) is 6.01. The Morgan fingerprint density at radius 3 is 2.43 bits per heavy atom. The number of rotatable bonds is 1. The standard InChI is InChI=1S/C11H13F3N4O3/c1-6(19)16(2)8-7-5-17(10(20)21)3-4-18(7)9(15-8)11(12,13)14/h3-5H2,1-2H3,(H,20,21). The largest absolute Gasteiger partial charge is 0.465 e. The molecule has 1 aliphatic heterocycles. The lowest BCUT2D eigenvalue weighted by molar-refractivity contribution is -0.147. The number of amides is 2. The molecular formula is C11H13F3N4O3. The van der Waals surface area contributed by atoms with Gasteiger partial charge in [-0.2, -0.15) is 13.2 Å². The zero-order valence-corrected chi connectivity index (χ0v) is 11.3. The van der Waals surface area contributed by atoms with Crippen LogP contribution in [0.1, 0.15) is 18.4 Å². The minimum absolute atomic E-state index is 0.0636. The SMILES string of the molecule is CC(=O)N(C)c1nc(C(F)(F)F)n2c1CN(C(=O)O)CC2. The van der Waals surface area contributed by atoms with Crippen molar-refractivity contribution in [3.8, 4) is 0 Å². The molecule has 2 amide bonds. The Morgan fingerprint density at radius 2 is 1.95 bits per heavy atom. The number of hydrogen-bond acceptors (Lipinski definition) is 3. The van der Waals surface area contributed by atoms with Crippen molar-refractivity contribution in [2.45, 2.75) is 26.2 Å². The van der Waals surface area contributed by atoms with E-state index >= 15 is 0 Å². The summed E-state index contributed by atoms with van der Waals surface area (Å²) in [6.07, 6.45) is -5.90. The van der Waals surface area contributed by atoms with E-state index < -0.39 is 24.0 Å². The van der Waals surface area contributed by atoms with Gasteiger partial charge in [0.05, 0.1) is 12.2 Å². The molecule has 0 aliphatic carbocycles. The van der Waals surface area contributed by atoms with Gasteiger partial charge in [0, 0.05) is 27.1 Å². The van der Waals surface area contributed by atoms with E-state index in [1.165, 1.54) is 14.0 Å². The molecule has 10 heteroatoms. The van der Waals surface area contributed by atoms with E-state index in [9.17, 15) is 22.8 Å². The van der Waals surface area contributed by atoms with Crippen molar-refractivity contribution in [2.75, 3.05) is 18.5 Å². The van der Waals surface area contributed by atoms with E-state index in [4.69, 9.17) is 5.11 Å². The third-order valence-electron chi connectivity index (χ3n) is 3.30. The van der Waals surface area contributed by atoms with Crippen molar-refractivity contribution in [2.24, 2.45) is 0 Å². The van der Waals surface area contributed by atoms with Crippen LogP contribution in [-0.2, 0) is 24.1 Å². The second kappa shape index (κ2) is 4.93. The predicted molar refractivity (Wildman–Crippen MR) is 64.7 cm³/mol. The molecule has 1 aromatic rings. The summed E-state index contributed by atoms with van der Waals surface area (Å²) in [6.45, 7) is 0.725. The highest BCUT2D eigenvalue weighted by atomic mass is 19.4. The van der Waals surface area contributed by atoms with Gasteiger partial charge in [-0.1, -0.05) is 0 Å². The van der Waals surface area contributed by atoms with Crippen molar-refractivity contribution in [1.82, 2.24) is 14.5 Å². The van der Waals surface area contributed by atoms with Gasteiger partial charge in [0.1, 0.15) is 0 Å². The highest BCUT2D eigenvalue weighted by molar-refractivity contribution is 5.90. The number of alkyl halides is 3. The Kier molecular flexibility index (Phi) is 3.56. The Morgan fingerprint density at radius 1 is 1.33 bits per heavy atom. The van der Waals surface area contributed by atoms with E-state index in [0.717, 1.165) is 14.4 Å². The molecule has 0 unspecified atom stereocenters. The Bertz CT molecular complexity index is 596. The summed E-state index contributed by atoms with van der Waals surface area (Å²) in [5.41, 5.74) is 0.0636. The van der Waals surface area contributed by atoms with Gasteiger partial charge in [-0.05, 0) is 0 Å². The summed E-state index contributed by atoms with van der Waals surface area (Å²) >= 11 is 0. The molecule has 0 aromatic carbocycles. The average Bonchev–Trinajstić information content (AvgIpc) is 2.75. The number of halogens is 3. The lowest BCUT2D eigenvalue weighted by atomic mass is 10.3. The second-order valence-corrected chi connectivity index (χ2v) is 4.64. The van der Waals surface area contributed by atoms with Crippen LogP contribution in [-0.4, -0.2) is 45.2 Å². The number of imidazole rings is 1. The van der Waals surface area contributed by atoms with Crippen molar-refractivity contribution in [3.05, 3.63) is 11.5 Å². The zero-order valence-electron chi connectivity index (χ0n) is 11.3. The van der Waals surface area contributed by atoms with Gasteiger partial charge in [-0.25, -0.2) is 9.78 Å². The molecule has 116 valence electrons. The number of carbonyl (C=O) groups is 2. The molecule has 0 spiro atoms. The van der Waals surface area contributed by atoms with Crippen LogP contribution >= 0.6 is 0 Å². The molecule has 0 saturated carbocycles. The highest BCUT2D eigenvalue weighted by Gasteiger charge is 2.41. The summed E-state index contributed by atoms with van der Waals surface area (Å²) in [7, 11) is 1.30. The molecule has 0 bridgehead atoms. The Labute approximate surface area is 117 Å². The minimum Gasteiger partial charge on any atom is -0.465 e. The van der Waals surface area contributed by atoms with Gasteiger partial charge in [0.25, 0.3) is 0 Å². The lowest BCUT2D eigenvalue weighted by Gasteiger charge is -2.28. The molecule has 1 aliphatic rings. The van der Waals surface area contributed by atoms with E-state index in [1.54, 1.807) is 0 Å². The molecule has 1 N–H and O–H groups in total. The highest BCUT2D eigenvalue weighted by Crippen LogP contribution is 2.35. The first kappa shape index (κ1) is 15.1. The number of nitrogens with zero attached hydrogens (tertiary/aromatic N) is 4. The van der Waals surface area contributed by atoms with Gasteiger partial charge in [0.2, 0.25) is 11.7 Å². The Balaban J connectivity index is 2.54. The summed E-state index contributed by atoms with van der Waals surface area (Å²) in [5, 5.41) is 8.96. The van der Waals surface area contributed by atoms with Crippen LogP contribution in [0.3, 0.4) is 0 Å². The van der Waals surface area contributed by atoms with E-state index in [1.807, 2.05) is 0 Å². The van der Waals surface area contributed by atoms with Crippen molar-refractivity contribution in [3.63, 3.8) is 0 Å². The second-order valence-electron chi connectivity index (χ2n) is 4.64. The average molecular weight is 306 g/mol. The van der Waals surface area contributed by atoms with Gasteiger partial charge in [-0.3, -0.25) is 9.69 Å². The van der Waals surface area contributed by atoms with Gasteiger partial charge in [-0.15, -0.1) is 0 Å². The Hall–Kier alpha value is -2.26. The number of carbonyl (C=O) groups excluding carboxylic acids is 1. The number of aromatic nitrogens is 2. The van der Waals surface area contributed by atoms with E-state index in [0.29, 0.717) is 0 Å². The van der Waals surface area contributed by atoms with Crippen LogP contribution in [0.4, 0.5) is 23.8 Å². The van der Waals surface area contributed by atoms with Crippen LogP contribution < -0.4 is 4.90 Å². The van der Waals surface area contributed by atoms with E-state index in [-0.39, 0.29) is 31.1 Å². The van der Waals surface area contributed by atoms with E-state index in [2.05, 4.69) is 4.98 Å². The minimum atomic E-state index is -4.67. The summed E-state index contributed by atoms with van der Waals surface area (Å²) < 4.78 is 39.9. The molecule has 0 radical (unpaired) electrons. The van der Waals surface area contributed by atoms with Gasteiger partial charge >= 0.3 is 12.3 Å². The smallest absolute Gasteiger partial charge is 0.449 e. The van der Waals surface area contributed by atoms with Crippen LogP contribution in [0.2, 0.25) is 0 Å². The topological polar surface area (TPSA) is 78.7 Å². The lowest BCUT2D eigenvalue weighted by Crippen LogP contribution is -2.39. The maximum absolute atomic E-state index is 13.0. The van der Waals surface area contributed by atoms with Crippen molar-refractivity contribution < 1.29 is 27.9 Å². The molecular weight excluding hydrogens is 293 g/mol. The molecule has 21 heavy (non-hydrogen) atoms. The van der Waals surface area contributed by atoms with Crippen molar-refractivity contribution in [1.29, 1.82) is 0 Å². The molecule has 0 atom stereocenters. The molecule has 0 fully saturated rings. The summed E-state index contributed by atoms with van der Waals surface area (Å²) in [5.74, 6) is -1.77. The summed E-state index contributed by atoms with van der Waals surface area (Å²) in [4.78, 5) is 27.8. The maximum atomic E-state index is 13.0. The molecule has 0 saturated heterocycles. The molecule has 1 aromatic heterocycles. The molecule has 2 rings (SSSR count). The maximum Gasteiger partial charge on any atom is 0.449 e. The fourth-order valence-electron chi connectivity index (χ4n) is 2.15. The first-order chi connectivity index (χ1) is 9.62. The fraction of sp³-hybridized carbons (Fsp3) is 0.545. The van der Waals surface area contributed by atoms with Crippen LogP contribution in [0.25, 0.3) is 0 Å². The number of fused-ring (bicyclic) bond motifs is 1. The number of anilines is 1. The third-order valence-corrected chi connectivity index (χ3v) is 3.30. The predicted octanol–water partition coefficient (Wildman–Crippen LogP) is 1.38. The van der Waals surface area contributed by atoms with Gasteiger partial charge in [0.15, 0.2) is 5.82 Å². The number of hydrogen-bond donors (Lipinski definition) is 1. The molecule has 7 nitrogen and oxygen atoms in total. The summed E-state index contributed by atoms with van der Waals surface area (Å²) in [6, 6.07) is 0. The zero-order chi connectivity index (χ0) is 15.9. The fourth-order valence-corrected chi connectivity index (χ4v) is 2.15. The van der Waals surface area contributed by atoms with Crippen LogP contribution in [0.15, 0.2) is 0 Å². The number of carboxylic acid groups (broad SMARTS) is 1. The molecule has 2 heterocycles. The quantitative estimate of drug-likeness (QED) is 0.850. The normalized spacial score (nSPS) is 14.8. The van der Waals surface area contributed by atoms with Crippen molar-refractivity contribution >= 4 is 17.8 Å². The van der Waals surface area contributed by atoms with Gasteiger partial charge < -0.3 is 14.6 Å². The third kappa shape index (κ3) is 2.65. The monoisotopic (exact) mass is 306 g/mol.